The lowest BCUT2D eigenvalue weighted by Crippen LogP contribution is -2.22. The predicted molar refractivity (Wildman–Crippen MR) is 170 cm³/mol. The summed E-state index contributed by atoms with van der Waals surface area (Å²) in [5.74, 6) is 5.71. The standard InChI is InChI=1S/C34H41N3O7/c1-3-37(4-2)30-10-11-32(31(25-30)33-24-28(26-39)12-13-35-33)36-34(40)29-9-5-7-27(23-29)8-6-15-41-17-19-43-21-22-44-20-18-42-16-14-38/h5,7,9-13,23-26,38H,3-4,14-22H2,1-2H3,(H,36,40). The van der Waals surface area contributed by atoms with Crippen LogP contribution in [-0.2, 0) is 18.9 Å². The maximum absolute atomic E-state index is 13.3. The average Bonchev–Trinajstić information content (AvgIpc) is 3.06. The van der Waals surface area contributed by atoms with E-state index < -0.39 is 0 Å². The fourth-order valence-corrected chi connectivity index (χ4v) is 4.22. The topological polar surface area (TPSA) is 119 Å². The fraction of sp³-hybridized carbons (Fsp3) is 0.382. The Morgan fingerprint density at radius 1 is 0.909 bits per heavy atom. The number of rotatable bonds is 19. The van der Waals surface area contributed by atoms with Crippen molar-refractivity contribution in [2.75, 3.05) is 82.8 Å². The number of nitrogens with one attached hydrogen (secondary N) is 1. The maximum Gasteiger partial charge on any atom is 0.255 e. The van der Waals surface area contributed by atoms with Crippen molar-refractivity contribution in [2.45, 2.75) is 13.8 Å². The Labute approximate surface area is 259 Å². The van der Waals surface area contributed by atoms with E-state index in [1.54, 1.807) is 36.5 Å². The number of hydrogen-bond acceptors (Lipinski definition) is 9. The number of nitrogens with zero attached hydrogens (tertiary/aromatic N) is 2. The lowest BCUT2D eigenvalue weighted by Gasteiger charge is -2.23. The van der Waals surface area contributed by atoms with Crippen molar-refractivity contribution >= 4 is 23.6 Å². The van der Waals surface area contributed by atoms with Crippen LogP contribution in [0.4, 0.5) is 11.4 Å². The molecular formula is C34H41N3O7. The normalized spacial score (nSPS) is 10.6. The second kappa shape index (κ2) is 20.0. The fourth-order valence-electron chi connectivity index (χ4n) is 4.22. The molecule has 0 aliphatic rings. The summed E-state index contributed by atoms with van der Waals surface area (Å²) in [5.41, 5.74) is 4.56. The number of carbonyl (C=O) groups is 2. The molecule has 0 saturated heterocycles. The van der Waals surface area contributed by atoms with Crippen LogP contribution >= 0.6 is 0 Å². The van der Waals surface area contributed by atoms with Crippen molar-refractivity contribution in [3.05, 3.63) is 77.5 Å². The zero-order valence-corrected chi connectivity index (χ0v) is 25.4. The first kappa shape index (κ1) is 34.4. The number of amides is 1. The number of aliphatic hydroxyl groups excluding tert-OH is 1. The van der Waals surface area contributed by atoms with E-state index in [9.17, 15) is 9.59 Å². The number of carbonyl (C=O) groups excluding carboxylic acids is 2. The molecule has 1 aromatic heterocycles. The van der Waals surface area contributed by atoms with Crippen LogP contribution < -0.4 is 10.2 Å². The first-order valence-electron chi connectivity index (χ1n) is 14.7. The summed E-state index contributed by atoms with van der Waals surface area (Å²) in [4.78, 5) is 31.4. The molecule has 44 heavy (non-hydrogen) atoms. The maximum atomic E-state index is 13.3. The van der Waals surface area contributed by atoms with Gasteiger partial charge in [-0.25, -0.2) is 0 Å². The molecule has 0 spiro atoms. The molecule has 1 amide bonds. The quantitative estimate of drug-likeness (QED) is 0.119. The third-order valence-electron chi connectivity index (χ3n) is 6.46. The van der Waals surface area contributed by atoms with Crippen LogP contribution in [0.1, 0.15) is 40.1 Å². The van der Waals surface area contributed by atoms with E-state index in [4.69, 9.17) is 24.1 Å². The zero-order chi connectivity index (χ0) is 31.4. The highest BCUT2D eigenvalue weighted by molar-refractivity contribution is 6.06. The van der Waals surface area contributed by atoms with Gasteiger partial charge in [-0.1, -0.05) is 17.9 Å². The largest absolute Gasteiger partial charge is 0.394 e. The van der Waals surface area contributed by atoms with Gasteiger partial charge in [0.25, 0.3) is 5.91 Å². The van der Waals surface area contributed by atoms with Gasteiger partial charge in [-0.05, 0) is 62.4 Å². The van der Waals surface area contributed by atoms with Gasteiger partial charge in [0.2, 0.25) is 0 Å². The van der Waals surface area contributed by atoms with E-state index in [1.807, 2.05) is 24.3 Å². The molecule has 0 atom stereocenters. The molecule has 1 heterocycles. The van der Waals surface area contributed by atoms with Crippen LogP contribution in [0, 0.1) is 11.8 Å². The highest BCUT2D eigenvalue weighted by Crippen LogP contribution is 2.32. The Balaban J connectivity index is 1.55. The Hall–Kier alpha value is -4.11. The van der Waals surface area contributed by atoms with Crippen molar-refractivity contribution in [3.8, 4) is 23.1 Å². The van der Waals surface area contributed by atoms with Crippen LogP contribution in [0.3, 0.4) is 0 Å². The first-order valence-corrected chi connectivity index (χ1v) is 14.7. The number of pyridine rings is 1. The molecule has 0 bridgehead atoms. The minimum atomic E-state index is -0.285. The lowest BCUT2D eigenvalue weighted by atomic mass is 10.0. The molecule has 0 fully saturated rings. The second-order valence-corrected chi connectivity index (χ2v) is 9.44. The molecule has 2 N–H and O–H groups in total. The average molecular weight is 604 g/mol. The van der Waals surface area contributed by atoms with Crippen LogP contribution in [0.15, 0.2) is 60.8 Å². The molecule has 0 unspecified atom stereocenters. The molecule has 0 saturated carbocycles. The Kier molecular flexibility index (Phi) is 15.6. The van der Waals surface area contributed by atoms with Gasteiger partial charge in [0.15, 0.2) is 0 Å². The first-order chi connectivity index (χ1) is 21.6. The summed E-state index contributed by atoms with van der Waals surface area (Å²) in [6.07, 6.45) is 2.37. The predicted octanol–water partition coefficient (Wildman–Crippen LogP) is 4.07. The molecule has 10 heteroatoms. The number of aromatic nitrogens is 1. The van der Waals surface area contributed by atoms with Crippen molar-refractivity contribution in [1.29, 1.82) is 0 Å². The molecule has 0 aliphatic carbocycles. The molecule has 3 rings (SSSR count). The van der Waals surface area contributed by atoms with Crippen molar-refractivity contribution in [1.82, 2.24) is 4.98 Å². The second-order valence-electron chi connectivity index (χ2n) is 9.44. The van der Waals surface area contributed by atoms with Gasteiger partial charge in [-0.2, -0.15) is 0 Å². The Morgan fingerprint density at radius 2 is 1.61 bits per heavy atom. The van der Waals surface area contributed by atoms with E-state index >= 15 is 0 Å². The van der Waals surface area contributed by atoms with Gasteiger partial charge in [0.05, 0.1) is 64.2 Å². The number of ether oxygens (including phenoxy) is 4. The zero-order valence-electron chi connectivity index (χ0n) is 25.4. The Bertz CT molecular complexity index is 1380. The molecule has 234 valence electrons. The SMILES string of the molecule is CCN(CC)c1ccc(NC(=O)c2cccc(C#CCOCCOCCOCCOCCO)c2)c(-c2cc(C=O)ccn2)c1. The smallest absolute Gasteiger partial charge is 0.255 e. The molecule has 0 radical (unpaired) electrons. The number of hydrogen-bond donors (Lipinski definition) is 2. The molecule has 2 aromatic carbocycles. The lowest BCUT2D eigenvalue weighted by molar-refractivity contribution is -0.00291. The summed E-state index contributed by atoms with van der Waals surface area (Å²) in [6, 6.07) is 16.3. The molecule has 0 aliphatic heterocycles. The van der Waals surface area contributed by atoms with Crippen molar-refractivity contribution < 1.29 is 33.6 Å². The van der Waals surface area contributed by atoms with Gasteiger partial charge in [-0.15, -0.1) is 0 Å². The summed E-state index contributed by atoms with van der Waals surface area (Å²) in [7, 11) is 0. The van der Waals surface area contributed by atoms with E-state index in [0.717, 1.165) is 30.6 Å². The van der Waals surface area contributed by atoms with Gasteiger partial charge in [0, 0.05) is 47.2 Å². The third-order valence-corrected chi connectivity index (χ3v) is 6.46. The van der Waals surface area contributed by atoms with Gasteiger partial charge in [0.1, 0.15) is 12.9 Å². The minimum absolute atomic E-state index is 0.00485. The Morgan fingerprint density at radius 3 is 2.30 bits per heavy atom. The monoisotopic (exact) mass is 603 g/mol. The molecule has 10 nitrogen and oxygen atoms in total. The van der Waals surface area contributed by atoms with Gasteiger partial charge in [-0.3, -0.25) is 14.6 Å². The third kappa shape index (κ3) is 11.5. The van der Waals surface area contributed by atoms with Crippen LogP contribution in [0.5, 0.6) is 0 Å². The van der Waals surface area contributed by atoms with Crippen LogP contribution in [0.2, 0.25) is 0 Å². The summed E-state index contributed by atoms with van der Waals surface area (Å²) >= 11 is 0. The van der Waals surface area contributed by atoms with Gasteiger partial charge >= 0.3 is 0 Å². The molecule has 3 aromatic rings. The number of aliphatic hydroxyl groups is 1. The number of aldehydes is 1. The van der Waals surface area contributed by atoms with Gasteiger partial charge < -0.3 is 34.3 Å². The number of benzene rings is 2. The summed E-state index contributed by atoms with van der Waals surface area (Å²) in [5, 5.41) is 11.6. The summed E-state index contributed by atoms with van der Waals surface area (Å²) in [6.45, 7) is 9.01. The minimum Gasteiger partial charge on any atom is -0.394 e. The van der Waals surface area contributed by atoms with E-state index in [-0.39, 0.29) is 19.1 Å². The summed E-state index contributed by atoms with van der Waals surface area (Å²) < 4.78 is 21.4. The van der Waals surface area contributed by atoms with E-state index in [0.29, 0.717) is 74.3 Å². The highest BCUT2D eigenvalue weighted by atomic mass is 16.6. The van der Waals surface area contributed by atoms with E-state index in [2.05, 4.69) is 40.9 Å². The van der Waals surface area contributed by atoms with Crippen molar-refractivity contribution in [2.24, 2.45) is 0 Å². The van der Waals surface area contributed by atoms with Crippen LogP contribution in [-0.4, -0.2) is 94.8 Å². The van der Waals surface area contributed by atoms with E-state index in [1.165, 1.54) is 0 Å². The molecular weight excluding hydrogens is 562 g/mol. The van der Waals surface area contributed by atoms with Crippen LogP contribution in [0.25, 0.3) is 11.3 Å². The number of anilines is 2. The van der Waals surface area contributed by atoms with Crippen molar-refractivity contribution in [3.63, 3.8) is 0 Å². The highest BCUT2D eigenvalue weighted by Gasteiger charge is 2.15.